The molecule has 0 saturated carbocycles. The van der Waals surface area contributed by atoms with Gasteiger partial charge in [0.15, 0.2) is 0 Å². The first-order valence-corrected chi connectivity index (χ1v) is 9.59. The van der Waals surface area contributed by atoms with E-state index in [1.807, 2.05) is 25.6 Å². The topological polar surface area (TPSA) is 59.4 Å². The number of carbonyl (C=O) groups is 1. The normalized spacial score (nSPS) is 16.3. The van der Waals surface area contributed by atoms with E-state index in [-0.39, 0.29) is 11.9 Å². The summed E-state index contributed by atoms with van der Waals surface area (Å²) in [5, 5.41) is 7.67. The van der Waals surface area contributed by atoms with E-state index in [9.17, 15) is 4.79 Å². The average molecular weight is 370 g/mol. The number of hydrogen-bond acceptors (Lipinski definition) is 4. The molecular formula is C21H30N4O2. The predicted octanol–water partition coefficient (Wildman–Crippen LogP) is 2.08. The summed E-state index contributed by atoms with van der Waals surface area (Å²) in [6.45, 7) is 10.1. The molecule has 1 amide bonds. The van der Waals surface area contributed by atoms with E-state index >= 15 is 0 Å². The van der Waals surface area contributed by atoms with Crippen LogP contribution in [0.1, 0.15) is 34.1 Å². The minimum atomic E-state index is -0.0338. The summed E-state index contributed by atoms with van der Waals surface area (Å²) in [5.74, 6) is 0.0352. The molecule has 2 heterocycles. The standard InChI is InChI=1S/C21H30N4O2/c1-15-5-7-18(8-6-15)20(14-25-9-11-27-12-10-25)22-21(26)13-19-16(2)23-24(4)17(19)3/h5-8,20H,9-14H2,1-4H3,(H,22,26). The van der Waals surface area contributed by atoms with Crippen LogP contribution in [-0.4, -0.2) is 53.4 Å². The van der Waals surface area contributed by atoms with E-state index in [1.54, 1.807) is 0 Å². The number of nitrogens with zero attached hydrogens (tertiary/aromatic N) is 3. The maximum Gasteiger partial charge on any atom is 0.225 e. The number of benzene rings is 1. The smallest absolute Gasteiger partial charge is 0.225 e. The molecule has 1 fully saturated rings. The van der Waals surface area contributed by atoms with Crippen LogP contribution in [0, 0.1) is 20.8 Å². The highest BCUT2D eigenvalue weighted by Crippen LogP contribution is 2.18. The Bertz CT molecular complexity index is 776. The summed E-state index contributed by atoms with van der Waals surface area (Å²) in [4.78, 5) is 15.2. The van der Waals surface area contributed by atoms with Gasteiger partial charge in [-0.3, -0.25) is 14.4 Å². The Morgan fingerprint density at radius 3 is 2.44 bits per heavy atom. The van der Waals surface area contributed by atoms with E-state index < -0.39 is 0 Å². The summed E-state index contributed by atoms with van der Waals surface area (Å²) in [5.41, 5.74) is 5.34. The summed E-state index contributed by atoms with van der Waals surface area (Å²) >= 11 is 0. The maximum absolute atomic E-state index is 12.8. The van der Waals surface area contributed by atoms with Crippen molar-refractivity contribution in [3.63, 3.8) is 0 Å². The van der Waals surface area contributed by atoms with Gasteiger partial charge < -0.3 is 10.1 Å². The Kier molecular flexibility index (Phi) is 6.29. The van der Waals surface area contributed by atoms with Crippen LogP contribution in [0.15, 0.2) is 24.3 Å². The summed E-state index contributed by atoms with van der Waals surface area (Å²) in [7, 11) is 1.91. The molecule has 0 aliphatic carbocycles. The molecule has 0 spiro atoms. The quantitative estimate of drug-likeness (QED) is 0.846. The van der Waals surface area contributed by atoms with Gasteiger partial charge in [0.25, 0.3) is 0 Å². The molecule has 0 bridgehead atoms. The zero-order chi connectivity index (χ0) is 19.4. The highest BCUT2D eigenvalue weighted by Gasteiger charge is 2.21. The first kappa shape index (κ1) is 19.6. The number of aryl methyl sites for hydroxylation is 3. The fourth-order valence-electron chi connectivity index (χ4n) is 3.55. The molecule has 27 heavy (non-hydrogen) atoms. The molecule has 6 nitrogen and oxygen atoms in total. The molecule has 1 aromatic carbocycles. The number of nitrogens with one attached hydrogen (secondary N) is 1. The van der Waals surface area contributed by atoms with Crippen molar-refractivity contribution in [1.29, 1.82) is 0 Å². The molecule has 1 aliphatic rings. The lowest BCUT2D eigenvalue weighted by atomic mass is 10.0. The van der Waals surface area contributed by atoms with Crippen molar-refractivity contribution < 1.29 is 9.53 Å². The molecule has 1 saturated heterocycles. The van der Waals surface area contributed by atoms with Crippen molar-refractivity contribution in [1.82, 2.24) is 20.0 Å². The molecular weight excluding hydrogens is 340 g/mol. The average Bonchev–Trinajstić information content (AvgIpc) is 2.89. The molecule has 1 aromatic heterocycles. The highest BCUT2D eigenvalue weighted by molar-refractivity contribution is 5.79. The van der Waals surface area contributed by atoms with Gasteiger partial charge in [-0.2, -0.15) is 5.10 Å². The third-order valence-corrected chi connectivity index (χ3v) is 5.36. The number of carbonyl (C=O) groups excluding carboxylic acids is 1. The molecule has 1 unspecified atom stereocenters. The second-order valence-electron chi connectivity index (χ2n) is 7.39. The minimum Gasteiger partial charge on any atom is -0.379 e. The number of rotatable bonds is 6. The van der Waals surface area contributed by atoms with E-state index in [1.165, 1.54) is 5.56 Å². The van der Waals surface area contributed by atoms with Gasteiger partial charge in [-0.05, 0) is 26.3 Å². The second-order valence-corrected chi connectivity index (χ2v) is 7.39. The van der Waals surface area contributed by atoms with Gasteiger partial charge in [0.05, 0.1) is 31.4 Å². The lowest BCUT2D eigenvalue weighted by Gasteiger charge is -2.31. The third kappa shape index (κ3) is 4.96. The first-order chi connectivity index (χ1) is 12.9. The summed E-state index contributed by atoms with van der Waals surface area (Å²) < 4.78 is 7.29. The second kappa shape index (κ2) is 8.67. The fraction of sp³-hybridized carbons (Fsp3) is 0.524. The van der Waals surface area contributed by atoms with Gasteiger partial charge >= 0.3 is 0 Å². The van der Waals surface area contributed by atoms with Crippen molar-refractivity contribution in [2.75, 3.05) is 32.8 Å². The molecule has 2 aromatic rings. The van der Waals surface area contributed by atoms with Crippen molar-refractivity contribution in [2.45, 2.75) is 33.2 Å². The number of aromatic nitrogens is 2. The number of morpholine rings is 1. The predicted molar refractivity (Wildman–Crippen MR) is 106 cm³/mol. The van der Waals surface area contributed by atoms with Crippen LogP contribution in [-0.2, 0) is 23.0 Å². The molecule has 6 heteroatoms. The van der Waals surface area contributed by atoms with Gasteiger partial charge in [-0.15, -0.1) is 0 Å². The van der Waals surface area contributed by atoms with Crippen molar-refractivity contribution in [3.8, 4) is 0 Å². The van der Waals surface area contributed by atoms with Gasteiger partial charge in [0.1, 0.15) is 0 Å². The van der Waals surface area contributed by atoms with E-state index in [2.05, 4.69) is 46.5 Å². The van der Waals surface area contributed by atoms with E-state index in [0.717, 1.165) is 55.4 Å². The zero-order valence-corrected chi connectivity index (χ0v) is 16.8. The van der Waals surface area contributed by atoms with Crippen LogP contribution >= 0.6 is 0 Å². The van der Waals surface area contributed by atoms with Gasteiger partial charge in [0.2, 0.25) is 5.91 Å². The number of amides is 1. The molecule has 0 radical (unpaired) electrons. The largest absolute Gasteiger partial charge is 0.379 e. The van der Waals surface area contributed by atoms with Crippen LogP contribution in [0.25, 0.3) is 0 Å². The Morgan fingerprint density at radius 1 is 1.19 bits per heavy atom. The monoisotopic (exact) mass is 370 g/mol. The maximum atomic E-state index is 12.8. The van der Waals surface area contributed by atoms with E-state index in [4.69, 9.17) is 4.74 Å². The summed E-state index contributed by atoms with van der Waals surface area (Å²) in [6.07, 6.45) is 0.358. The van der Waals surface area contributed by atoms with Crippen LogP contribution in [0.4, 0.5) is 0 Å². The van der Waals surface area contributed by atoms with Gasteiger partial charge in [-0.1, -0.05) is 29.8 Å². The zero-order valence-electron chi connectivity index (χ0n) is 16.8. The number of hydrogen-bond donors (Lipinski definition) is 1. The molecule has 1 aliphatic heterocycles. The Morgan fingerprint density at radius 2 is 1.85 bits per heavy atom. The molecule has 1 N–H and O–H groups in total. The minimum absolute atomic E-state index is 0.0338. The SMILES string of the molecule is Cc1ccc(C(CN2CCOCC2)NC(=O)Cc2c(C)nn(C)c2C)cc1. The van der Waals surface area contributed by atoms with E-state index in [0.29, 0.717) is 6.42 Å². The molecule has 1 atom stereocenters. The Balaban J connectivity index is 1.73. The molecule has 146 valence electrons. The van der Waals surface area contributed by atoms with Crippen molar-refractivity contribution >= 4 is 5.91 Å². The van der Waals surface area contributed by atoms with Crippen LogP contribution < -0.4 is 5.32 Å². The summed E-state index contributed by atoms with van der Waals surface area (Å²) in [6, 6.07) is 8.39. The fourth-order valence-corrected chi connectivity index (χ4v) is 3.55. The van der Waals surface area contributed by atoms with Crippen molar-refractivity contribution in [2.24, 2.45) is 7.05 Å². The highest BCUT2D eigenvalue weighted by atomic mass is 16.5. The van der Waals surface area contributed by atoms with Crippen LogP contribution in [0.5, 0.6) is 0 Å². The van der Waals surface area contributed by atoms with Crippen LogP contribution in [0.3, 0.4) is 0 Å². The van der Waals surface area contributed by atoms with Crippen LogP contribution in [0.2, 0.25) is 0 Å². The first-order valence-electron chi connectivity index (χ1n) is 9.59. The number of ether oxygens (including phenoxy) is 1. The Hall–Kier alpha value is -2.18. The Labute approximate surface area is 161 Å². The molecule has 3 rings (SSSR count). The van der Waals surface area contributed by atoms with Gasteiger partial charge in [-0.25, -0.2) is 0 Å². The van der Waals surface area contributed by atoms with Gasteiger partial charge in [0, 0.05) is 37.9 Å². The van der Waals surface area contributed by atoms with Crippen molar-refractivity contribution in [3.05, 3.63) is 52.3 Å². The lowest BCUT2D eigenvalue weighted by molar-refractivity contribution is -0.121. The lowest BCUT2D eigenvalue weighted by Crippen LogP contribution is -2.43. The third-order valence-electron chi connectivity index (χ3n) is 5.36.